The predicted octanol–water partition coefficient (Wildman–Crippen LogP) is 2.50. The Morgan fingerprint density at radius 3 is 2.73 bits per heavy atom. The van der Waals surface area contributed by atoms with Crippen LogP contribution >= 0.6 is 0 Å². The summed E-state index contributed by atoms with van der Waals surface area (Å²) in [5, 5.41) is 9.50. The zero-order valence-corrected chi connectivity index (χ0v) is 7.34. The minimum absolute atomic E-state index is 0.116. The maximum atomic E-state index is 9.50. The third-order valence-corrected chi connectivity index (χ3v) is 2.33. The van der Waals surface area contributed by atoms with Crippen LogP contribution in [0.3, 0.4) is 0 Å². The molecule has 1 saturated carbocycles. The van der Waals surface area contributed by atoms with Crippen molar-refractivity contribution >= 4 is 0 Å². The smallest absolute Gasteiger partial charge is 0.0579 e. The molecule has 1 aliphatic rings. The molecule has 0 aromatic rings. The molecule has 1 aliphatic carbocycles. The first-order valence-electron chi connectivity index (χ1n) is 4.57. The number of hydrogen-bond donors (Lipinski definition) is 1. The van der Waals surface area contributed by atoms with Gasteiger partial charge in [0.15, 0.2) is 0 Å². The second-order valence-corrected chi connectivity index (χ2v) is 3.64. The Morgan fingerprint density at radius 2 is 2.27 bits per heavy atom. The first kappa shape index (κ1) is 8.79. The molecule has 0 aromatic carbocycles. The maximum Gasteiger partial charge on any atom is 0.0579 e. The van der Waals surface area contributed by atoms with Gasteiger partial charge in [-0.2, -0.15) is 0 Å². The monoisotopic (exact) mass is 154 g/mol. The maximum absolute atomic E-state index is 9.50. The van der Waals surface area contributed by atoms with E-state index in [2.05, 4.69) is 13.5 Å². The minimum atomic E-state index is -0.116. The van der Waals surface area contributed by atoms with Gasteiger partial charge < -0.3 is 5.11 Å². The van der Waals surface area contributed by atoms with E-state index in [1.807, 2.05) is 0 Å². The van der Waals surface area contributed by atoms with Crippen LogP contribution in [-0.2, 0) is 0 Å². The summed E-state index contributed by atoms with van der Waals surface area (Å²) in [5.41, 5.74) is 1.18. The van der Waals surface area contributed by atoms with Crippen molar-refractivity contribution in [1.29, 1.82) is 0 Å². The summed E-state index contributed by atoms with van der Waals surface area (Å²) in [7, 11) is 0. The van der Waals surface area contributed by atoms with Gasteiger partial charge in [-0.3, -0.25) is 0 Å². The average Bonchev–Trinajstić information content (AvgIpc) is 2.71. The van der Waals surface area contributed by atoms with Gasteiger partial charge in [0.1, 0.15) is 0 Å². The molecule has 0 saturated heterocycles. The highest BCUT2D eigenvalue weighted by molar-refractivity contribution is 4.95. The van der Waals surface area contributed by atoms with E-state index in [0.717, 1.165) is 25.2 Å². The first-order valence-corrected chi connectivity index (χ1v) is 4.57. The minimum Gasteiger partial charge on any atom is -0.393 e. The Morgan fingerprint density at radius 1 is 1.64 bits per heavy atom. The average molecular weight is 154 g/mol. The fourth-order valence-electron chi connectivity index (χ4n) is 1.30. The van der Waals surface area contributed by atoms with Gasteiger partial charge in [-0.25, -0.2) is 0 Å². The van der Waals surface area contributed by atoms with Gasteiger partial charge >= 0.3 is 0 Å². The molecule has 1 nitrogen and oxygen atoms in total. The van der Waals surface area contributed by atoms with Crippen molar-refractivity contribution in [2.75, 3.05) is 0 Å². The van der Waals surface area contributed by atoms with Crippen LogP contribution < -0.4 is 0 Å². The van der Waals surface area contributed by atoms with E-state index >= 15 is 0 Å². The van der Waals surface area contributed by atoms with Crippen LogP contribution in [-0.4, -0.2) is 11.2 Å². The number of rotatable bonds is 5. The lowest BCUT2D eigenvalue weighted by atomic mass is 10.0. The van der Waals surface area contributed by atoms with Crippen molar-refractivity contribution in [3.63, 3.8) is 0 Å². The van der Waals surface area contributed by atoms with Crippen LogP contribution in [0.15, 0.2) is 12.2 Å². The van der Waals surface area contributed by atoms with E-state index < -0.39 is 0 Å². The SMILES string of the molecule is C=C(CC)CC(O)CC1CC1. The predicted molar refractivity (Wildman–Crippen MR) is 47.4 cm³/mol. The standard InChI is InChI=1S/C10H18O/c1-3-8(2)6-10(11)7-9-4-5-9/h9-11H,2-7H2,1H3. The van der Waals surface area contributed by atoms with Crippen LogP contribution in [0, 0.1) is 5.92 Å². The second-order valence-electron chi connectivity index (χ2n) is 3.64. The van der Waals surface area contributed by atoms with E-state index in [9.17, 15) is 5.11 Å². The Balaban J connectivity index is 2.08. The third-order valence-electron chi connectivity index (χ3n) is 2.33. The largest absolute Gasteiger partial charge is 0.393 e. The van der Waals surface area contributed by atoms with Gasteiger partial charge in [0, 0.05) is 0 Å². The number of hydrogen-bond acceptors (Lipinski definition) is 1. The second kappa shape index (κ2) is 3.91. The lowest BCUT2D eigenvalue weighted by Crippen LogP contribution is -2.07. The van der Waals surface area contributed by atoms with Crippen molar-refractivity contribution in [3.8, 4) is 0 Å². The molecule has 11 heavy (non-hydrogen) atoms. The molecular weight excluding hydrogens is 136 g/mol. The molecule has 1 N–H and O–H groups in total. The van der Waals surface area contributed by atoms with Gasteiger partial charge in [0.25, 0.3) is 0 Å². The number of aliphatic hydroxyl groups excluding tert-OH is 1. The third kappa shape index (κ3) is 3.57. The molecule has 1 rings (SSSR count). The molecule has 1 heteroatoms. The zero-order chi connectivity index (χ0) is 8.27. The van der Waals surface area contributed by atoms with Crippen LogP contribution in [0.1, 0.15) is 39.0 Å². The van der Waals surface area contributed by atoms with Gasteiger partial charge in [0.2, 0.25) is 0 Å². The Labute approximate surface area is 69.1 Å². The number of aliphatic hydroxyl groups is 1. The highest BCUT2D eigenvalue weighted by Crippen LogP contribution is 2.34. The molecule has 1 atom stereocenters. The van der Waals surface area contributed by atoms with Gasteiger partial charge in [-0.1, -0.05) is 31.9 Å². The van der Waals surface area contributed by atoms with E-state index in [0.29, 0.717) is 0 Å². The summed E-state index contributed by atoms with van der Waals surface area (Å²) in [6.45, 7) is 5.97. The highest BCUT2D eigenvalue weighted by Gasteiger charge is 2.24. The van der Waals surface area contributed by atoms with Gasteiger partial charge in [-0.15, -0.1) is 0 Å². The molecule has 0 radical (unpaired) electrons. The van der Waals surface area contributed by atoms with Crippen molar-refractivity contribution in [3.05, 3.63) is 12.2 Å². The molecule has 0 bridgehead atoms. The van der Waals surface area contributed by atoms with Gasteiger partial charge in [0.05, 0.1) is 6.10 Å². The van der Waals surface area contributed by atoms with E-state index in [4.69, 9.17) is 0 Å². The summed E-state index contributed by atoms with van der Waals surface area (Å²) in [6, 6.07) is 0. The van der Waals surface area contributed by atoms with Gasteiger partial charge in [-0.05, 0) is 25.2 Å². The van der Waals surface area contributed by atoms with Crippen molar-refractivity contribution in [2.24, 2.45) is 5.92 Å². The van der Waals surface area contributed by atoms with E-state index in [-0.39, 0.29) is 6.10 Å². The van der Waals surface area contributed by atoms with Crippen LogP contribution in [0.25, 0.3) is 0 Å². The van der Waals surface area contributed by atoms with E-state index in [1.165, 1.54) is 18.4 Å². The van der Waals surface area contributed by atoms with E-state index in [1.54, 1.807) is 0 Å². The van der Waals surface area contributed by atoms with Crippen LogP contribution in [0.2, 0.25) is 0 Å². The molecule has 1 fully saturated rings. The first-order chi connectivity index (χ1) is 5.22. The Bertz CT molecular complexity index is 136. The lowest BCUT2D eigenvalue weighted by Gasteiger charge is -2.09. The normalized spacial score (nSPS) is 19.8. The highest BCUT2D eigenvalue weighted by atomic mass is 16.3. The fourth-order valence-corrected chi connectivity index (χ4v) is 1.30. The summed E-state index contributed by atoms with van der Waals surface area (Å²) in [4.78, 5) is 0. The van der Waals surface area contributed by atoms with Crippen molar-refractivity contribution < 1.29 is 5.11 Å². The summed E-state index contributed by atoms with van der Waals surface area (Å²) in [5.74, 6) is 0.828. The molecule has 0 aliphatic heterocycles. The molecule has 0 amide bonds. The molecule has 0 heterocycles. The van der Waals surface area contributed by atoms with Crippen molar-refractivity contribution in [2.45, 2.75) is 45.1 Å². The molecule has 0 spiro atoms. The lowest BCUT2D eigenvalue weighted by molar-refractivity contribution is 0.157. The molecule has 64 valence electrons. The zero-order valence-electron chi connectivity index (χ0n) is 7.34. The van der Waals surface area contributed by atoms with Crippen LogP contribution in [0.5, 0.6) is 0 Å². The fraction of sp³-hybridized carbons (Fsp3) is 0.800. The van der Waals surface area contributed by atoms with Crippen LogP contribution in [0.4, 0.5) is 0 Å². The molecular formula is C10H18O. The quantitative estimate of drug-likeness (QED) is 0.603. The summed E-state index contributed by atoms with van der Waals surface area (Å²) < 4.78 is 0. The summed E-state index contributed by atoms with van der Waals surface area (Å²) >= 11 is 0. The Kier molecular flexibility index (Phi) is 3.13. The summed E-state index contributed by atoms with van der Waals surface area (Å²) in [6.07, 6.45) is 5.36. The molecule has 1 unspecified atom stereocenters. The van der Waals surface area contributed by atoms with Crippen molar-refractivity contribution in [1.82, 2.24) is 0 Å². The Hall–Kier alpha value is -0.300. The molecule has 0 aromatic heterocycles. The topological polar surface area (TPSA) is 20.2 Å².